The summed E-state index contributed by atoms with van der Waals surface area (Å²) in [6, 6.07) is 4.99. The minimum absolute atomic E-state index is 0.181. The number of nitrogens with zero attached hydrogens (tertiary/aromatic N) is 2. The van der Waals surface area contributed by atoms with Crippen LogP contribution < -0.4 is 4.74 Å². The highest BCUT2D eigenvalue weighted by Crippen LogP contribution is 2.35. The van der Waals surface area contributed by atoms with Crippen LogP contribution in [0.1, 0.15) is 21.8 Å². The van der Waals surface area contributed by atoms with Crippen molar-refractivity contribution in [2.45, 2.75) is 12.4 Å². The van der Waals surface area contributed by atoms with E-state index in [1.807, 2.05) is 0 Å². The van der Waals surface area contributed by atoms with Gasteiger partial charge in [-0.2, -0.15) is 31.3 Å². The number of ketones is 1. The van der Waals surface area contributed by atoms with Gasteiger partial charge in [-0.3, -0.25) is 4.79 Å². The van der Waals surface area contributed by atoms with Crippen LogP contribution in [0.15, 0.2) is 40.9 Å². The van der Waals surface area contributed by atoms with E-state index in [9.17, 15) is 35.5 Å². The fourth-order valence-corrected chi connectivity index (χ4v) is 2.59. The molecule has 0 bridgehead atoms. The smallest absolute Gasteiger partial charge is 0.471 e. The van der Waals surface area contributed by atoms with Gasteiger partial charge in [0.05, 0.1) is 16.1 Å². The second kappa shape index (κ2) is 8.17. The van der Waals surface area contributed by atoms with Gasteiger partial charge in [0.2, 0.25) is 11.6 Å². The Morgan fingerprint density at radius 3 is 2.29 bits per heavy atom. The first-order chi connectivity index (χ1) is 14.4. The zero-order valence-electron chi connectivity index (χ0n) is 14.8. The maximum absolute atomic E-state index is 14.3. The number of hydrogen-bond donors (Lipinski definition) is 0. The van der Waals surface area contributed by atoms with Crippen LogP contribution in [0.4, 0.5) is 30.7 Å². The molecule has 0 unspecified atom stereocenters. The van der Waals surface area contributed by atoms with Crippen molar-refractivity contribution in [1.82, 2.24) is 10.1 Å². The van der Waals surface area contributed by atoms with Crippen LogP contribution >= 0.6 is 11.6 Å². The molecule has 0 spiro atoms. The van der Waals surface area contributed by atoms with Crippen LogP contribution in [0, 0.1) is 5.82 Å². The Kier molecular flexibility index (Phi) is 5.94. The number of carbonyl (C=O) groups excluding carboxylic acids is 1. The van der Waals surface area contributed by atoms with Gasteiger partial charge in [0.25, 0.3) is 0 Å². The maximum Gasteiger partial charge on any atom is 0.471 e. The van der Waals surface area contributed by atoms with Crippen molar-refractivity contribution in [3.8, 4) is 17.1 Å². The normalized spacial score (nSPS) is 12.1. The van der Waals surface area contributed by atoms with E-state index in [0.717, 1.165) is 24.3 Å². The molecular formula is C18H8ClF7N2O3. The van der Waals surface area contributed by atoms with Gasteiger partial charge in [0.15, 0.2) is 6.61 Å². The van der Waals surface area contributed by atoms with Gasteiger partial charge in [0.1, 0.15) is 11.6 Å². The number of halogens is 8. The second-order valence-corrected chi connectivity index (χ2v) is 6.38. The molecular weight excluding hydrogens is 461 g/mol. The number of hydrogen-bond acceptors (Lipinski definition) is 5. The number of Topliss-reactive ketones (excluding diaryl/α,β-unsaturated/α-hetero) is 1. The fraction of sp³-hybridized carbons (Fsp3) is 0.167. The molecule has 2 aromatic carbocycles. The van der Waals surface area contributed by atoms with Crippen molar-refractivity contribution in [2.24, 2.45) is 0 Å². The first-order valence-corrected chi connectivity index (χ1v) is 8.47. The van der Waals surface area contributed by atoms with Gasteiger partial charge in [-0.05, 0) is 30.3 Å². The Bertz CT molecular complexity index is 1130. The summed E-state index contributed by atoms with van der Waals surface area (Å²) in [5.41, 5.74) is -1.68. The van der Waals surface area contributed by atoms with E-state index in [1.165, 1.54) is 0 Å². The van der Waals surface area contributed by atoms with Crippen molar-refractivity contribution in [2.75, 3.05) is 6.61 Å². The molecule has 164 valence electrons. The average Bonchev–Trinajstić information content (AvgIpc) is 3.16. The molecule has 5 nitrogen and oxygen atoms in total. The SMILES string of the molecule is O=C(COc1ccc(C(F)(F)F)cc1Cl)c1ccc(-c2noc(C(F)(F)F)n2)cc1F. The topological polar surface area (TPSA) is 65.2 Å². The molecule has 3 aromatic rings. The predicted molar refractivity (Wildman–Crippen MR) is 91.0 cm³/mol. The zero-order valence-corrected chi connectivity index (χ0v) is 15.6. The van der Waals surface area contributed by atoms with Crippen LogP contribution in [0.5, 0.6) is 5.75 Å². The first-order valence-electron chi connectivity index (χ1n) is 8.10. The zero-order chi connectivity index (χ0) is 23.0. The van der Waals surface area contributed by atoms with E-state index in [0.29, 0.717) is 12.1 Å². The molecule has 0 radical (unpaired) electrons. The number of rotatable bonds is 5. The highest BCUT2D eigenvalue weighted by atomic mass is 35.5. The van der Waals surface area contributed by atoms with Crippen molar-refractivity contribution in [3.05, 3.63) is 64.3 Å². The monoisotopic (exact) mass is 468 g/mol. The highest BCUT2D eigenvalue weighted by molar-refractivity contribution is 6.32. The predicted octanol–water partition coefficient (Wildman–Crippen LogP) is 5.83. The summed E-state index contributed by atoms with van der Waals surface area (Å²) in [7, 11) is 0. The highest BCUT2D eigenvalue weighted by Gasteiger charge is 2.38. The molecule has 0 aliphatic rings. The van der Waals surface area contributed by atoms with Crippen LogP contribution in [-0.4, -0.2) is 22.5 Å². The molecule has 0 saturated heterocycles. The van der Waals surface area contributed by atoms with Crippen LogP contribution in [-0.2, 0) is 12.4 Å². The minimum atomic E-state index is -4.88. The number of ether oxygens (including phenoxy) is 1. The van der Waals surface area contributed by atoms with Crippen molar-refractivity contribution in [1.29, 1.82) is 0 Å². The molecule has 0 amide bonds. The van der Waals surface area contributed by atoms with E-state index in [4.69, 9.17) is 16.3 Å². The fourth-order valence-electron chi connectivity index (χ4n) is 2.35. The summed E-state index contributed by atoms with van der Waals surface area (Å²) in [6.45, 7) is -0.762. The van der Waals surface area contributed by atoms with Gasteiger partial charge >= 0.3 is 18.2 Å². The molecule has 0 aliphatic heterocycles. The van der Waals surface area contributed by atoms with Gasteiger partial charge in [0, 0.05) is 5.56 Å². The van der Waals surface area contributed by atoms with E-state index in [1.54, 1.807) is 0 Å². The summed E-state index contributed by atoms with van der Waals surface area (Å²) in [6.07, 6.45) is -9.50. The lowest BCUT2D eigenvalue weighted by molar-refractivity contribution is -0.159. The minimum Gasteiger partial charge on any atom is -0.484 e. The van der Waals surface area contributed by atoms with Crippen LogP contribution in [0.2, 0.25) is 5.02 Å². The van der Waals surface area contributed by atoms with E-state index < -0.39 is 58.4 Å². The standard InChI is InChI=1S/C18H8ClF7N2O3/c19-11-6-9(17(21,22)23)2-4-14(11)30-7-13(29)10-3-1-8(5-12(10)20)15-27-16(31-28-15)18(24,25)26/h1-6H,7H2. The third-order valence-electron chi connectivity index (χ3n) is 3.81. The summed E-state index contributed by atoms with van der Waals surface area (Å²) in [5, 5.41) is 2.69. The molecule has 1 aromatic heterocycles. The molecule has 1 heterocycles. The van der Waals surface area contributed by atoms with Gasteiger partial charge < -0.3 is 9.26 Å². The number of benzene rings is 2. The molecule has 0 aliphatic carbocycles. The Morgan fingerprint density at radius 1 is 1.03 bits per heavy atom. The molecule has 0 atom stereocenters. The first kappa shape index (κ1) is 22.5. The van der Waals surface area contributed by atoms with E-state index in [2.05, 4.69) is 14.7 Å². The summed E-state index contributed by atoms with van der Waals surface area (Å²) >= 11 is 5.71. The molecule has 31 heavy (non-hydrogen) atoms. The Hall–Kier alpha value is -3.15. The lowest BCUT2D eigenvalue weighted by Crippen LogP contribution is -2.14. The summed E-state index contributed by atoms with van der Waals surface area (Å²) in [4.78, 5) is 15.3. The quantitative estimate of drug-likeness (QED) is 0.348. The maximum atomic E-state index is 14.3. The van der Waals surface area contributed by atoms with Gasteiger partial charge in [-0.15, -0.1) is 0 Å². The Labute approximate surface area is 173 Å². The Morgan fingerprint density at radius 2 is 1.74 bits per heavy atom. The number of carbonyl (C=O) groups is 1. The molecule has 3 rings (SSSR count). The second-order valence-electron chi connectivity index (χ2n) is 5.97. The third-order valence-corrected chi connectivity index (χ3v) is 4.11. The number of alkyl halides is 6. The number of aromatic nitrogens is 2. The van der Waals surface area contributed by atoms with Crippen LogP contribution in [0.3, 0.4) is 0 Å². The summed E-state index contributed by atoms with van der Waals surface area (Å²) in [5.74, 6) is -4.40. The lowest BCUT2D eigenvalue weighted by atomic mass is 10.1. The van der Waals surface area contributed by atoms with Gasteiger partial charge in [-0.1, -0.05) is 22.8 Å². The van der Waals surface area contributed by atoms with Gasteiger partial charge in [-0.25, -0.2) is 4.39 Å². The lowest BCUT2D eigenvalue weighted by Gasteiger charge is -2.11. The van der Waals surface area contributed by atoms with Crippen molar-refractivity contribution >= 4 is 17.4 Å². The molecule has 0 N–H and O–H groups in total. The van der Waals surface area contributed by atoms with E-state index >= 15 is 0 Å². The van der Waals surface area contributed by atoms with Crippen molar-refractivity contribution < 1.29 is 44.8 Å². The van der Waals surface area contributed by atoms with E-state index in [-0.39, 0.29) is 11.3 Å². The molecule has 0 fully saturated rings. The van der Waals surface area contributed by atoms with Crippen molar-refractivity contribution in [3.63, 3.8) is 0 Å². The third kappa shape index (κ3) is 5.13. The van der Waals surface area contributed by atoms with Crippen LogP contribution in [0.25, 0.3) is 11.4 Å². The summed E-state index contributed by atoms with van der Waals surface area (Å²) < 4.78 is 98.8. The largest absolute Gasteiger partial charge is 0.484 e. The average molecular weight is 469 g/mol. The Balaban J connectivity index is 1.72. The molecule has 0 saturated carbocycles. The molecule has 13 heteroatoms.